The lowest BCUT2D eigenvalue weighted by Gasteiger charge is -2.50. The standard InChI is InChI=1S/C23H32O8/c1-8-23(6)11-17(31-21(27)13(2)9-10-30-16(5)25)18(15(4)22(28)29-7)20(26)19(23)14(3)12-24/h8-9,17-20,24,26H,1,3-4,10-12H2,2,5-7H3/b13-9-/t17-,18-,19+,20-,23-/m0/s1. The van der Waals surface area contributed by atoms with Crippen molar-refractivity contribution in [3.05, 3.63) is 48.6 Å². The summed E-state index contributed by atoms with van der Waals surface area (Å²) in [5, 5.41) is 20.8. The molecule has 0 amide bonds. The molecule has 1 saturated carbocycles. The summed E-state index contributed by atoms with van der Waals surface area (Å²) in [4.78, 5) is 35.7. The molecule has 0 aromatic carbocycles. The summed E-state index contributed by atoms with van der Waals surface area (Å²) < 4.78 is 15.2. The minimum Gasteiger partial charge on any atom is -0.466 e. The molecule has 31 heavy (non-hydrogen) atoms. The molecule has 1 aliphatic carbocycles. The topological polar surface area (TPSA) is 119 Å². The van der Waals surface area contributed by atoms with Gasteiger partial charge in [-0.1, -0.05) is 26.2 Å². The van der Waals surface area contributed by atoms with E-state index < -0.39 is 47.4 Å². The second-order valence-electron chi connectivity index (χ2n) is 7.87. The van der Waals surface area contributed by atoms with Crippen molar-refractivity contribution >= 4 is 17.9 Å². The summed E-state index contributed by atoms with van der Waals surface area (Å²) in [6.07, 6.45) is 1.03. The number of hydrogen-bond donors (Lipinski definition) is 2. The van der Waals surface area contributed by atoms with Gasteiger partial charge < -0.3 is 24.4 Å². The first-order valence-electron chi connectivity index (χ1n) is 9.81. The van der Waals surface area contributed by atoms with Crippen LogP contribution in [0.25, 0.3) is 0 Å². The maximum absolute atomic E-state index is 12.6. The molecule has 0 radical (unpaired) electrons. The Balaban J connectivity index is 3.30. The van der Waals surface area contributed by atoms with Gasteiger partial charge in [0.2, 0.25) is 0 Å². The fourth-order valence-electron chi connectivity index (χ4n) is 3.93. The second-order valence-corrected chi connectivity index (χ2v) is 7.87. The molecule has 0 aromatic rings. The van der Waals surface area contributed by atoms with Crippen molar-refractivity contribution in [3.8, 4) is 0 Å². The minimum absolute atomic E-state index is 0.0591. The largest absolute Gasteiger partial charge is 0.466 e. The van der Waals surface area contributed by atoms with Crippen LogP contribution in [0.15, 0.2) is 48.6 Å². The van der Waals surface area contributed by atoms with Crippen LogP contribution in [0, 0.1) is 17.3 Å². The van der Waals surface area contributed by atoms with Crippen molar-refractivity contribution in [1.82, 2.24) is 0 Å². The SMILES string of the molecule is C=C[C@@]1(C)C[C@H](OC(=O)/C(C)=C\COC(C)=O)[C@H](C(=C)C(=O)OC)[C@H](O)[C@H]1C(=C)CO. The predicted molar refractivity (Wildman–Crippen MR) is 114 cm³/mol. The quantitative estimate of drug-likeness (QED) is 0.243. The number of carbonyl (C=O) groups is 3. The van der Waals surface area contributed by atoms with Crippen LogP contribution in [0.5, 0.6) is 0 Å². The highest BCUT2D eigenvalue weighted by Gasteiger charge is 2.53. The molecule has 0 saturated heterocycles. The predicted octanol–water partition coefficient (Wildman–Crippen LogP) is 1.87. The van der Waals surface area contributed by atoms with E-state index in [4.69, 9.17) is 14.2 Å². The summed E-state index contributed by atoms with van der Waals surface area (Å²) in [5.74, 6) is -3.57. The highest BCUT2D eigenvalue weighted by atomic mass is 16.5. The molecule has 8 nitrogen and oxygen atoms in total. The second kappa shape index (κ2) is 11.1. The molecule has 172 valence electrons. The van der Waals surface area contributed by atoms with Crippen molar-refractivity contribution in [2.24, 2.45) is 17.3 Å². The Morgan fingerprint density at radius 3 is 2.29 bits per heavy atom. The average Bonchev–Trinajstić information content (AvgIpc) is 2.71. The lowest BCUT2D eigenvalue weighted by Crippen LogP contribution is -2.54. The Morgan fingerprint density at radius 1 is 1.19 bits per heavy atom. The van der Waals surface area contributed by atoms with E-state index in [9.17, 15) is 24.6 Å². The van der Waals surface area contributed by atoms with E-state index >= 15 is 0 Å². The van der Waals surface area contributed by atoms with Crippen molar-refractivity contribution in [2.45, 2.75) is 39.4 Å². The first-order chi connectivity index (χ1) is 14.4. The van der Waals surface area contributed by atoms with E-state index in [1.165, 1.54) is 27.0 Å². The number of hydrogen-bond acceptors (Lipinski definition) is 8. The highest BCUT2D eigenvalue weighted by molar-refractivity contribution is 5.89. The molecule has 1 fully saturated rings. The van der Waals surface area contributed by atoms with Crippen LogP contribution in [0.1, 0.15) is 27.2 Å². The molecular formula is C23H32O8. The van der Waals surface area contributed by atoms with Crippen LogP contribution >= 0.6 is 0 Å². The summed E-state index contributed by atoms with van der Waals surface area (Å²) in [7, 11) is 1.18. The van der Waals surface area contributed by atoms with Gasteiger partial charge in [0.05, 0.1) is 25.7 Å². The zero-order chi connectivity index (χ0) is 23.9. The van der Waals surface area contributed by atoms with Crippen molar-refractivity contribution in [3.63, 3.8) is 0 Å². The first kappa shape index (κ1) is 26.3. The molecule has 5 atom stereocenters. The fraction of sp³-hybridized carbons (Fsp3) is 0.522. The number of aliphatic hydroxyl groups is 2. The zero-order valence-electron chi connectivity index (χ0n) is 18.6. The van der Waals surface area contributed by atoms with Crippen LogP contribution in [-0.4, -0.2) is 60.7 Å². The Kier molecular flexibility index (Phi) is 9.40. The number of carbonyl (C=O) groups excluding carboxylic acids is 3. The van der Waals surface area contributed by atoms with Gasteiger partial charge in [0.25, 0.3) is 0 Å². The van der Waals surface area contributed by atoms with E-state index in [0.717, 1.165) is 0 Å². The van der Waals surface area contributed by atoms with Crippen LogP contribution < -0.4 is 0 Å². The van der Waals surface area contributed by atoms with E-state index in [1.54, 1.807) is 13.0 Å². The monoisotopic (exact) mass is 436 g/mol. The number of allylic oxidation sites excluding steroid dienone is 1. The molecule has 0 spiro atoms. The Morgan fingerprint density at radius 2 is 1.81 bits per heavy atom. The van der Waals surface area contributed by atoms with E-state index in [1.807, 2.05) is 0 Å². The number of rotatable bonds is 9. The normalized spacial score (nSPS) is 28.3. The molecule has 0 unspecified atom stereocenters. The van der Waals surface area contributed by atoms with Gasteiger partial charge in [0, 0.05) is 24.0 Å². The third-order valence-electron chi connectivity index (χ3n) is 5.68. The van der Waals surface area contributed by atoms with E-state index in [2.05, 4.69) is 19.7 Å². The fourth-order valence-corrected chi connectivity index (χ4v) is 3.93. The van der Waals surface area contributed by atoms with Crippen LogP contribution in [0.2, 0.25) is 0 Å². The maximum atomic E-state index is 12.6. The number of ether oxygens (including phenoxy) is 3. The minimum atomic E-state index is -1.24. The van der Waals surface area contributed by atoms with Crippen molar-refractivity contribution in [2.75, 3.05) is 20.3 Å². The van der Waals surface area contributed by atoms with Gasteiger partial charge in [0.1, 0.15) is 12.7 Å². The molecule has 0 aliphatic heterocycles. The first-order valence-corrected chi connectivity index (χ1v) is 9.81. The van der Waals surface area contributed by atoms with E-state index in [0.29, 0.717) is 5.57 Å². The molecule has 0 aromatic heterocycles. The average molecular weight is 437 g/mol. The van der Waals surface area contributed by atoms with Gasteiger partial charge >= 0.3 is 17.9 Å². The van der Waals surface area contributed by atoms with Crippen molar-refractivity contribution in [1.29, 1.82) is 0 Å². The summed E-state index contributed by atoms with van der Waals surface area (Å²) in [6.45, 7) is 15.5. The highest BCUT2D eigenvalue weighted by Crippen LogP contribution is 2.50. The molecule has 2 N–H and O–H groups in total. The van der Waals surface area contributed by atoms with Crippen molar-refractivity contribution < 1.29 is 38.8 Å². The maximum Gasteiger partial charge on any atom is 0.333 e. The van der Waals surface area contributed by atoms with Crippen LogP contribution in [0.3, 0.4) is 0 Å². The number of methoxy groups -OCH3 is 1. The molecule has 0 heterocycles. The summed E-state index contributed by atoms with van der Waals surface area (Å²) in [5.41, 5.74) is -0.289. The number of esters is 3. The Hall–Kier alpha value is -2.71. The Bertz CT molecular complexity index is 780. The van der Waals surface area contributed by atoms with E-state index in [-0.39, 0.29) is 30.8 Å². The lowest BCUT2D eigenvalue weighted by atomic mass is 9.58. The Labute approximate surface area is 182 Å². The lowest BCUT2D eigenvalue weighted by molar-refractivity contribution is -0.161. The van der Waals surface area contributed by atoms with Gasteiger partial charge in [-0.15, -0.1) is 6.58 Å². The van der Waals surface area contributed by atoms with Gasteiger partial charge in [-0.25, -0.2) is 9.59 Å². The molecule has 1 aliphatic rings. The van der Waals surface area contributed by atoms with Gasteiger partial charge in [0.15, 0.2) is 0 Å². The zero-order valence-corrected chi connectivity index (χ0v) is 18.6. The molecule has 1 rings (SSSR count). The summed E-state index contributed by atoms with van der Waals surface area (Å²) >= 11 is 0. The van der Waals surface area contributed by atoms with Crippen LogP contribution in [-0.2, 0) is 28.6 Å². The summed E-state index contributed by atoms with van der Waals surface area (Å²) in [6, 6.07) is 0. The number of aliphatic hydroxyl groups excluding tert-OH is 2. The van der Waals surface area contributed by atoms with Crippen LogP contribution in [0.4, 0.5) is 0 Å². The molecular weight excluding hydrogens is 404 g/mol. The van der Waals surface area contributed by atoms with Gasteiger partial charge in [-0.3, -0.25) is 4.79 Å². The third-order valence-corrected chi connectivity index (χ3v) is 5.68. The van der Waals surface area contributed by atoms with Gasteiger partial charge in [-0.05, 0) is 30.4 Å². The van der Waals surface area contributed by atoms with Gasteiger partial charge in [-0.2, -0.15) is 0 Å². The molecule has 0 bridgehead atoms. The molecule has 8 heteroatoms. The smallest absolute Gasteiger partial charge is 0.333 e. The third kappa shape index (κ3) is 6.15.